The number of anilines is 2. The van der Waals surface area contributed by atoms with E-state index in [4.69, 9.17) is 51.1 Å². The van der Waals surface area contributed by atoms with Crippen molar-refractivity contribution in [2.45, 2.75) is 0 Å². The first-order chi connectivity index (χ1) is 14.3. The number of hydrogen-bond donors (Lipinski definition) is 2. The second-order valence-electron chi connectivity index (χ2n) is 6.07. The second kappa shape index (κ2) is 9.58. The molecule has 0 aromatic heterocycles. The van der Waals surface area contributed by atoms with Crippen LogP contribution in [-0.2, 0) is 0 Å². The molecule has 0 saturated heterocycles. The van der Waals surface area contributed by atoms with Gasteiger partial charge in [0.25, 0.3) is 11.8 Å². The molecule has 0 aliphatic rings. The van der Waals surface area contributed by atoms with Gasteiger partial charge in [0.1, 0.15) is 5.75 Å². The maximum Gasteiger partial charge on any atom is 0.257 e. The van der Waals surface area contributed by atoms with Gasteiger partial charge in [-0.1, -0.05) is 46.4 Å². The van der Waals surface area contributed by atoms with Crippen LogP contribution < -0.4 is 15.4 Å². The first kappa shape index (κ1) is 22.2. The number of carbonyl (C=O) groups is 2. The van der Waals surface area contributed by atoms with Gasteiger partial charge >= 0.3 is 0 Å². The van der Waals surface area contributed by atoms with Gasteiger partial charge in [0.2, 0.25) is 0 Å². The van der Waals surface area contributed by atoms with Crippen LogP contribution in [0.15, 0.2) is 54.6 Å². The predicted octanol–water partition coefficient (Wildman–Crippen LogP) is 6.81. The lowest BCUT2D eigenvalue weighted by Crippen LogP contribution is -2.19. The molecular formula is C21H14Cl4N2O3. The molecule has 2 amide bonds. The van der Waals surface area contributed by atoms with E-state index in [1.54, 1.807) is 31.4 Å². The van der Waals surface area contributed by atoms with E-state index in [-0.39, 0.29) is 31.9 Å². The number of rotatable bonds is 5. The summed E-state index contributed by atoms with van der Waals surface area (Å²) in [7, 11) is 1.55. The van der Waals surface area contributed by atoms with Crippen LogP contribution in [0.3, 0.4) is 0 Å². The normalized spacial score (nSPS) is 10.4. The van der Waals surface area contributed by atoms with Gasteiger partial charge in [-0.05, 0) is 54.6 Å². The Kier molecular flexibility index (Phi) is 7.10. The zero-order valence-corrected chi connectivity index (χ0v) is 18.5. The number of ether oxygens (including phenoxy) is 1. The molecule has 0 fully saturated rings. The maximum absolute atomic E-state index is 12.9. The van der Waals surface area contributed by atoms with Gasteiger partial charge in [0.15, 0.2) is 0 Å². The molecule has 0 saturated carbocycles. The number of nitrogens with one attached hydrogen (secondary N) is 2. The lowest BCUT2D eigenvalue weighted by Gasteiger charge is -2.15. The van der Waals surface area contributed by atoms with Crippen molar-refractivity contribution in [3.8, 4) is 5.75 Å². The number of benzene rings is 3. The lowest BCUT2D eigenvalue weighted by molar-refractivity contribution is 0.102. The monoisotopic (exact) mass is 482 g/mol. The lowest BCUT2D eigenvalue weighted by atomic mass is 10.1. The third kappa shape index (κ3) is 5.18. The molecule has 0 unspecified atom stereocenters. The van der Waals surface area contributed by atoms with Crippen LogP contribution in [0, 0.1) is 0 Å². The minimum absolute atomic E-state index is 0.0850. The van der Waals surface area contributed by atoms with E-state index in [0.717, 1.165) is 0 Å². The average molecular weight is 484 g/mol. The van der Waals surface area contributed by atoms with E-state index in [1.807, 2.05) is 0 Å². The van der Waals surface area contributed by atoms with E-state index in [0.29, 0.717) is 16.5 Å². The third-order valence-corrected chi connectivity index (χ3v) is 5.13. The molecule has 3 aromatic carbocycles. The van der Waals surface area contributed by atoms with Crippen LogP contribution in [0.25, 0.3) is 0 Å². The molecule has 0 atom stereocenters. The van der Waals surface area contributed by atoms with E-state index >= 15 is 0 Å². The van der Waals surface area contributed by atoms with Gasteiger partial charge in [0.05, 0.1) is 34.0 Å². The Morgan fingerprint density at radius 3 is 2.00 bits per heavy atom. The molecule has 9 heteroatoms. The van der Waals surface area contributed by atoms with Crippen molar-refractivity contribution in [1.29, 1.82) is 0 Å². The fourth-order valence-corrected chi connectivity index (χ4v) is 3.64. The van der Waals surface area contributed by atoms with Crippen molar-refractivity contribution >= 4 is 69.6 Å². The number of amides is 2. The fraction of sp³-hybridized carbons (Fsp3) is 0.0476. The standard InChI is InChI=1S/C21H14Cl4N2O3/c1-30-14-5-3-13(4-6-14)26-21(29)16-8-12(23)10-18(25)19(16)27-20(28)15-7-2-11(22)9-17(15)24/h2-10H,1H3,(H,26,29)(H,27,28). The summed E-state index contributed by atoms with van der Waals surface area (Å²) in [5, 5.41) is 6.25. The smallest absolute Gasteiger partial charge is 0.257 e. The van der Waals surface area contributed by atoms with Gasteiger partial charge in [-0.3, -0.25) is 9.59 Å². The Balaban J connectivity index is 1.91. The maximum atomic E-state index is 12.9. The van der Waals surface area contributed by atoms with Crippen molar-refractivity contribution in [2.75, 3.05) is 17.7 Å². The molecule has 0 bridgehead atoms. The number of hydrogen-bond acceptors (Lipinski definition) is 3. The van der Waals surface area contributed by atoms with Crippen LogP contribution in [0.5, 0.6) is 5.75 Å². The summed E-state index contributed by atoms with van der Waals surface area (Å²) in [6.45, 7) is 0. The van der Waals surface area contributed by atoms with Crippen molar-refractivity contribution in [3.05, 3.63) is 85.8 Å². The molecule has 0 aliphatic carbocycles. The predicted molar refractivity (Wildman–Crippen MR) is 122 cm³/mol. The molecule has 3 rings (SSSR count). The SMILES string of the molecule is COc1ccc(NC(=O)c2cc(Cl)cc(Cl)c2NC(=O)c2ccc(Cl)cc2Cl)cc1. The summed E-state index contributed by atoms with van der Waals surface area (Å²) in [5.41, 5.74) is 0.883. The van der Waals surface area contributed by atoms with E-state index in [1.165, 1.54) is 30.3 Å². The molecule has 5 nitrogen and oxygen atoms in total. The Morgan fingerprint density at radius 1 is 0.733 bits per heavy atom. The third-order valence-electron chi connectivity index (χ3n) is 4.06. The second-order valence-corrected chi connectivity index (χ2v) is 7.76. The summed E-state index contributed by atoms with van der Waals surface area (Å²) in [6.07, 6.45) is 0. The highest BCUT2D eigenvalue weighted by Crippen LogP contribution is 2.32. The molecule has 0 spiro atoms. The van der Waals surface area contributed by atoms with Crippen LogP contribution in [0.4, 0.5) is 11.4 Å². The van der Waals surface area contributed by atoms with Crippen molar-refractivity contribution < 1.29 is 14.3 Å². The number of carbonyl (C=O) groups excluding carboxylic acids is 2. The summed E-state index contributed by atoms with van der Waals surface area (Å²) >= 11 is 24.3. The molecule has 30 heavy (non-hydrogen) atoms. The van der Waals surface area contributed by atoms with Gasteiger partial charge in [-0.15, -0.1) is 0 Å². The molecule has 3 aromatic rings. The molecular weight excluding hydrogens is 470 g/mol. The van der Waals surface area contributed by atoms with Gasteiger partial charge in [0, 0.05) is 15.7 Å². The minimum atomic E-state index is -0.556. The average Bonchev–Trinajstić information content (AvgIpc) is 2.70. The van der Waals surface area contributed by atoms with Crippen LogP contribution >= 0.6 is 46.4 Å². The minimum Gasteiger partial charge on any atom is -0.497 e. The first-order valence-electron chi connectivity index (χ1n) is 8.49. The summed E-state index contributed by atoms with van der Waals surface area (Å²) in [4.78, 5) is 25.6. The van der Waals surface area contributed by atoms with Gasteiger partial charge < -0.3 is 15.4 Å². The molecule has 0 aliphatic heterocycles. The van der Waals surface area contributed by atoms with Crippen LogP contribution in [-0.4, -0.2) is 18.9 Å². The molecule has 0 radical (unpaired) electrons. The highest BCUT2D eigenvalue weighted by Gasteiger charge is 2.20. The number of halogens is 4. The number of methoxy groups -OCH3 is 1. The molecule has 0 heterocycles. The largest absolute Gasteiger partial charge is 0.497 e. The summed E-state index contributed by atoms with van der Waals surface area (Å²) in [5.74, 6) is -0.423. The zero-order valence-electron chi connectivity index (χ0n) is 15.4. The van der Waals surface area contributed by atoms with Crippen LogP contribution in [0.1, 0.15) is 20.7 Å². The van der Waals surface area contributed by atoms with E-state index in [9.17, 15) is 9.59 Å². The van der Waals surface area contributed by atoms with Crippen molar-refractivity contribution in [3.63, 3.8) is 0 Å². The first-order valence-corrected chi connectivity index (χ1v) is 10.0. The highest BCUT2D eigenvalue weighted by atomic mass is 35.5. The quantitative estimate of drug-likeness (QED) is 0.418. The van der Waals surface area contributed by atoms with Gasteiger partial charge in [-0.25, -0.2) is 0 Å². The Bertz CT molecular complexity index is 1120. The topological polar surface area (TPSA) is 67.4 Å². The van der Waals surface area contributed by atoms with E-state index < -0.39 is 11.8 Å². The van der Waals surface area contributed by atoms with E-state index in [2.05, 4.69) is 10.6 Å². The van der Waals surface area contributed by atoms with Crippen molar-refractivity contribution in [1.82, 2.24) is 0 Å². The zero-order chi connectivity index (χ0) is 21.8. The summed E-state index contributed by atoms with van der Waals surface area (Å²) in [6, 6.07) is 14.0. The van der Waals surface area contributed by atoms with Crippen LogP contribution in [0.2, 0.25) is 20.1 Å². The molecule has 2 N–H and O–H groups in total. The molecule has 154 valence electrons. The van der Waals surface area contributed by atoms with Crippen molar-refractivity contribution in [2.24, 2.45) is 0 Å². The summed E-state index contributed by atoms with van der Waals surface area (Å²) < 4.78 is 5.10. The Hall–Kier alpha value is -2.44. The van der Waals surface area contributed by atoms with Gasteiger partial charge in [-0.2, -0.15) is 0 Å². The fourth-order valence-electron chi connectivity index (χ4n) is 2.61. The Labute approximate surface area is 192 Å². The highest BCUT2D eigenvalue weighted by molar-refractivity contribution is 6.39. The Morgan fingerprint density at radius 2 is 1.37 bits per heavy atom.